The van der Waals surface area contributed by atoms with Crippen molar-refractivity contribution < 1.29 is 27.5 Å². The summed E-state index contributed by atoms with van der Waals surface area (Å²) in [6, 6.07) is 11.6. The fourth-order valence-electron chi connectivity index (χ4n) is 3.98. The number of hydrogen-bond donors (Lipinski definition) is 1. The number of ether oxygens (including phenoxy) is 2. The Bertz CT molecular complexity index is 1170. The number of carbonyl (C=O) groups excluding carboxylic acids is 2. The number of sulfonamides is 1. The normalized spacial score (nSPS) is 11.9. The molecule has 10 heteroatoms. The number of methoxy groups -OCH3 is 2. The predicted molar refractivity (Wildman–Crippen MR) is 145 cm³/mol. The van der Waals surface area contributed by atoms with Gasteiger partial charge in [-0.05, 0) is 43.0 Å². The molecule has 0 unspecified atom stereocenters. The van der Waals surface area contributed by atoms with Crippen molar-refractivity contribution in [3.8, 4) is 11.5 Å². The van der Waals surface area contributed by atoms with Gasteiger partial charge in [-0.3, -0.25) is 13.9 Å². The van der Waals surface area contributed by atoms with Crippen LogP contribution in [-0.2, 0) is 26.2 Å². The molecule has 0 aliphatic heterocycles. The minimum atomic E-state index is -3.91. The first-order valence-corrected chi connectivity index (χ1v) is 14.2. The summed E-state index contributed by atoms with van der Waals surface area (Å²) in [6.07, 6.45) is 3.15. The van der Waals surface area contributed by atoms with Crippen LogP contribution in [0.1, 0.15) is 44.2 Å². The zero-order valence-electron chi connectivity index (χ0n) is 22.6. The van der Waals surface area contributed by atoms with E-state index >= 15 is 0 Å². The standard InChI is InChI=1S/C27H39N3O6S/c1-7-9-16-28-27(32)23(8-2)29(18-21-13-11-10-12-20(21)3)26(31)19-30(37(6,33)34)24-17-22(35-4)14-15-25(24)36-5/h10-15,17,23H,7-9,16,18-19H2,1-6H3,(H,28,32)/t23-/m0/s1. The quantitative estimate of drug-likeness (QED) is 0.373. The molecule has 2 aromatic rings. The van der Waals surface area contributed by atoms with E-state index in [1.165, 1.54) is 25.2 Å². The summed E-state index contributed by atoms with van der Waals surface area (Å²) in [4.78, 5) is 28.4. The van der Waals surface area contributed by atoms with E-state index in [4.69, 9.17) is 9.47 Å². The molecule has 2 aromatic carbocycles. The van der Waals surface area contributed by atoms with Crippen LogP contribution in [0.2, 0.25) is 0 Å². The second kappa shape index (κ2) is 13.9. The van der Waals surface area contributed by atoms with Crippen molar-refractivity contribution in [2.24, 2.45) is 0 Å². The first-order chi connectivity index (χ1) is 17.6. The third-order valence-corrected chi connectivity index (χ3v) is 7.28. The molecule has 0 bridgehead atoms. The van der Waals surface area contributed by atoms with Crippen LogP contribution in [0.4, 0.5) is 5.69 Å². The van der Waals surface area contributed by atoms with E-state index in [-0.39, 0.29) is 23.9 Å². The fourth-order valence-corrected chi connectivity index (χ4v) is 4.83. The van der Waals surface area contributed by atoms with Crippen LogP contribution in [-0.4, -0.2) is 64.7 Å². The molecule has 0 saturated heterocycles. The van der Waals surface area contributed by atoms with Gasteiger partial charge >= 0.3 is 0 Å². The van der Waals surface area contributed by atoms with Gasteiger partial charge in [0.1, 0.15) is 24.1 Å². The second-order valence-electron chi connectivity index (χ2n) is 8.82. The zero-order chi connectivity index (χ0) is 27.6. The highest BCUT2D eigenvalue weighted by molar-refractivity contribution is 7.92. The van der Waals surface area contributed by atoms with E-state index in [9.17, 15) is 18.0 Å². The smallest absolute Gasteiger partial charge is 0.244 e. The summed E-state index contributed by atoms with van der Waals surface area (Å²) in [7, 11) is -1.02. The first-order valence-electron chi connectivity index (χ1n) is 12.4. The summed E-state index contributed by atoms with van der Waals surface area (Å²) in [5.41, 5.74) is 2.02. The lowest BCUT2D eigenvalue weighted by Crippen LogP contribution is -2.52. The maximum absolute atomic E-state index is 13.8. The van der Waals surface area contributed by atoms with Gasteiger partial charge in [-0.15, -0.1) is 0 Å². The van der Waals surface area contributed by atoms with Gasteiger partial charge in [-0.25, -0.2) is 8.42 Å². The van der Waals surface area contributed by atoms with E-state index in [0.29, 0.717) is 18.7 Å². The van der Waals surface area contributed by atoms with E-state index < -0.39 is 28.5 Å². The average Bonchev–Trinajstić information content (AvgIpc) is 2.87. The molecule has 1 atom stereocenters. The second-order valence-corrected chi connectivity index (χ2v) is 10.7. The number of unbranched alkanes of at least 4 members (excludes halogenated alkanes) is 1. The van der Waals surface area contributed by atoms with Gasteiger partial charge < -0.3 is 19.7 Å². The van der Waals surface area contributed by atoms with Crippen molar-refractivity contribution in [1.29, 1.82) is 0 Å². The molecule has 37 heavy (non-hydrogen) atoms. The Labute approximate surface area is 220 Å². The minimum Gasteiger partial charge on any atom is -0.497 e. The SMILES string of the molecule is CCCCNC(=O)[C@H](CC)N(Cc1ccccc1C)C(=O)CN(c1cc(OC)ccc1OC)S(C)(=O)=O. The number of nitrogens with one attached hydrogen (secondary N) is 1. The molecule has 0 fully saturated rings. The molecular weight excluding hydrogens is 494 g/mol. The van der Waals surface area contributed by atoms with Gasteiger partial charge in [-0.1, -0.05) is 44.5 Å². The molecule has 0 aliphatic carbocycles. The van der Waals surface area contributed by atoms with Gasteiger partial charge in [0.25, 0.3) is 0 Å². The molecule has 0 radical (unpaired) electrons. The average molecular weight is 534 g/mol. The maximum atomic E-state index is 13.8. The van der Waals surface area contributed by atoms with Crippen LogP contribution in [0.5, 0.6) is 11.5 Å². The monoisotopic (exact) mass is 533 g/mol. The number of nitrogens with zero attached hydrogens (tertiary/aromatic N) is 2. The molecular formula is C27H39N3O6S. The topological polar surface area (TPSA) is 105 Å². The summed E-state index contributed by atoms with van der Waals surface area (Å²) in [6.45, 7) is 5.97. The van der Waals surface area contributed by atoms with Gasteiger partial charge in [0, 0.05) is 19.2 Å². The Balaban J connectivity index is 2.51. The van der Waals surface area contributed by atoms with Gasteiger partial charge in [0.05, 0.1) is 26.2 Å². The number of aryl methyl sites for hydroxylation is 1. The van der Waals surface area contributed by atoms with Gasteiger partial charge in [-0.2, -0.15) is 0 Å². The zero-order valence-corrected chi connectivity index (χ0v) is 23.4. The highest BCUT2D eigenvalue weighted by Gasteiger charge is 2.32. The summed E-state index contributed by atoms with van der Waals surface area (Å²) < 4.78 is 37.4. The molecule has 0 aromatic heterocycles. The third kappa shape index (κ3) is 8.11. The molecule has 0 heterocycles. The number of anilines is 1. The molecule has 204 valence electrons. The van der Waals surface area contributed by atoms with Crippen LogP contribution < -0.4 is 19.1 Å². The van der Waals surface area contributed by atoms with E-state index in [1.54, 1.807) is 12.1 Å². The van der Waals surface area contributed by atoms with Crippen LogP contribution >= 0.6 is 0 Å². The Kier molecular flexibility index (Phi) is 11.2. The molecule has 2 rings (SSSR count). The van der Waals surface area contributed by atoms with Crippen LogP contribution in [0.25, 0.3) is 0 Å². The summed E-state index contributed by atoms with van der Waals surface area (Å²) in [5, 5.41) is 2.92. The Morgan fingerprint density at radius 3 is 2.32 bits per heavy atom. The van der Waals surface area contributed by atoms with E-state index in [0.717, 1.165) is 34.5 Å². The number of carbonyl (C=O) groups is 2. The lowest BCUT2D eigenvalue weighted by molar-refractivity contribution is -0.140. The minimum absolute atomic E-state index is 0.165. The predicted octanol–water partition coefficient (Wildman–Crippen LogP) is 3.50. The van der Waals surface area contributed by atoms with E-state index in [2.05, 4.69) is 5.32 Å². The number of amides is 2. The molecule has 1 N–H and O–H groups in total. The summed E-state index contributed by atoms with van der Waals surface area (Å²) >= 11 is 0. The number of hydrogen-bond acceptors (Lipinski definition) is 6. The fraction of sp³-hybridized carbons (Fsp3) is 0.481. The molecule has 2 amide bonds. The molecule has 9 nitrogen and oxygen atoms in total. The van der Waals surface area contributed by atoms with Crippen molar-refractivity contribution in [3.63, 3.8) is 0 Å². The first kappa shape index (κ1) is 30.0. The summed E-state index contributed by atoms with van der Waals surface area (Å²) in [5.74, 6) is -0.0805. The largest absolute Gasteiger partial charge is 0.497 e. The van der Waals surface area contributed by atoms with E-state index in [1.807, 2.05) is 45.0 Å². The lowest BCUT2D eigenvalue weighted by Gasteiger charge is -2.33. The molecule has 0 saturated carbocycles. The number of benzene rings is 2. The third-order valence-electron chi connectivity index (χ3n) is 6.15. The van der Waals surface area contributed by atoms with Crippen molar-refractivity contribution in [2.75, 3.05) is 37.9 Å². The highest BCUT2D eigenvalue weighted by atomic mass is 32.2. The Hall–Kier alpha value is -3.27. The Morgan fingerprint density at radius 2 is 1.76 bits per heavy atom. The molecule has 0 aliphatic rings. The molecule has 0 spiro atoms. The van der Waals surface area contributed by atoms with Gasteiger partial charge in [0.15, 0.2) is 0 Å². The maximum Gasteiger partial charge on any atom is 0.244 e. The van der Waals surface area contributed by atoms with Crippen molar-refractivity contribution in [2.45, 2.75) is 52.6 Å². The number of rotatable bonds is 14. The van der Waals surface area contributed by atoms with Crippen LogP contribution in [0.3, 0.4) is 0 Å². The van der Waals surface area contributed by atoms with Crippen molar-refractivity contribution in [1.82, 2.24) is 10.2 Å². The van der Waals surface area contributed by atoms with Crippen molar-refractivity contribution >= 4 is 27.5 Å². The highest BCUT2D eigenvalue weighted by Crippen LogP contribution is 2.34. The van der Waals surface area contributed by atoms with Gasteiger partial charge in [0.2, 0.25) is 21.8 Å². The van der Waals surface area contributed by atoms with Crippen molar-refractivity contribution in [3.05, 3.63) is 53.6 Å². The Morgan fingerprint density at radius 1 is 1.05 bits per heavy atom. The van der Waals surface area contributed by atoms with Crippen LogP contribution in [0, 0.1) is 6.92 Å². The lowest BCUT2D eigenvalue weighted by atomic mass is 10.1. The van der Waals surface area contributed by atoms with Crippen LogP contribution in [0.15, 0.2) is 42.5 Å².